The van der Waals surface area contributed by atoms with E-state index < -0.39 is 17.7 Å². The summed E-state index contributed by atoms with van der Waals surface area (Å²) in [6.45, 7) is 2.11. The molecule has 0 radical (unpaired) electrons. The van der Waals surface area contributed by atoms with Gasteiger partial charge in [0.2, 0.25) is 0 Å². The van der Waals surface area contributed by atoms with Gasteiger partial charge >= 0.3 is 0 Å². The van der Waals surface area contributed by atoms with E-state index in [-0.39, 0.29) is 13.0 Å². The molecule has 2 aromatic heterocycles. The minimum absolute atomic E-state index is 0.161. The Labute approximate surface area is 180 Å². The van der Waals surface area contributed by atoms with Crippen LogP contribution < -0.4 is 10.5 Å². The predicted molar refractivity (Wildman–Crippen MR) is 115 cm³/mol. The number of aromatic nitrogens is 3. The van der Waals surface area contributed by atoms with Crippen LogP contribution in [0.15, 0.2) is 53.3 Å². The number of fused-ring (bicyclic) bond motifs is 1. The minimum Gasteiger partial charge on any atom is -0.490 e. The van der Waals surface area contributed by atoms with Crippen LogP contribution in [0, 0.1) is 18.6 Å². The number of H-pyrrole nitrogens is 1. The topological polar surface area (TPSA) is 76.8 Å². The first-order valence-electron chi connectivity index (χ1n) is 9.32. The van der Waals surface area contributed by atoms with E-state index in [2.05, 4.69) is 37.2 Å². The zero-order chi connectivity index (χ0) is 21.3. The van der Waals surface area contributed by atoms with Crippen LogP contribution in [0.1, 0.15) is 11.3 Å². The van der Waals surface area contributed by atoms with Crippen molar-refractivity contribution in [1.82, 2.24) is 15.2 Å². The Hall–Kier alpha value is -2.84. The van der Waals surface area contributed by atoms with Gasteiger partial charge in [0, 0.05) is 39.3 Å². The Morgan fingerprint density at radius 1 is 1.13 bits per heavy atom. The number of rotatable bonds is 6. The second kappa shape index (κ2) is 8.49. The van der Waals surface area contributed by atoms with Gasteiger partial charge in [-0.05, 0) is 43.2 Å². The van der Waals surface area contributed by atoms with Crippen molar-refractivity contribution in [2.75, 3.05) is 6.61 Å². The lowest BCUT2D eigenvalue weighted by Crippen LogP contribution is -2.30. The zero-order valence-corrected chi connectivity index (χ0v) is 17.7. The SMILES string of the molecule is Cc1n[nH]c2ccc(-c3cncc(OC[C@@H](N)Cc4c(F)cc(F)cc4Br)c3)cc12. The average Bonchev–Trinajstić information content (AvgIpc) is 3.09. The smallest absolute Gasteiger partial charge is 0.138 e. The molecule has 5 nitrogen and oxygen atoms in total. The molecule has 0 amide bonds. The number of nitrogens with zero attached hydrogens (tertiary/aromatic N) is 2. The molecule has 0 saturated heterocycles. The summed E-state index contributed by atoms with van der Waals surface area (Å²) in [7, 11) is 0. The summed E-state index contributed by atoms with van der Waals surface area (Å²) in [6.07, 6.45) is 3.57. The van der Waals surface area contributed by atoms with Crippen molar-refractivity contribution < 1.29 is 13.5 Å². The van der Waals surface area contributed by atoms with Crippen LogP contribution in [-0.4, -0.2) is 27.8 Å². The van der Waals surface area contributed by atoms with E-state index >= 15 is 0 Å². The minimum atomic E-state index is -0.639. The van der Waals surface area contributed by atoms with Gasteiger partial charge in [-0.25, -0.2) is 8.78 Å². The van der Waals surface area contributed by atoms with E-state index in [9.17, 15) is 8.78 Å². The fourth-order valence-corrected chi connectivity index (χ4v) is 3.84. The van der Waals surface area contributed by atoms with Gasteiger partial charge in [-0.3, -0.25) is 10.1 Å². The summed E-state index contributed by atoms with van der Waals surface area (Å²) in [6, 6.07) is 9.48. The molecule has 0 aliphatic carbocycles. The predicted octanol–water partition coefficient (Wildman–Crippen LogP) is 4.92. The van der Waals surface area contributed by atoms with Gasteiger partial charge in [-0.1, -0.05) is 22.0 Å². The molecule has 4 aromatic rings. The number of aryl methyl sites for hydroxylation is 1. The van der Waals surface area contributed by atoms with Crippen LogP contribution in [0.5, 0.6) is 5.75 Å². The third-order valence-corrected chi connectivity index (χ3v) is 5.54. The van der Waals surface area contributed by atoms with Gasteiger partial charge in [0.05, 0.1) is 17.4 Å². The average molecular weight is 473 g/mol. The zero-order valence-electron chi connectivity index (χ0n) is 16.1. The lowest BCUT2D eigenvalue weighted by atomic mass is 10.0. The molecule has 2 heterocycles. The van der Waals surface area contributed by atoms with E-state index in [0.717, 1.165) is 33.8 Å². The largest absolute Gasteiger partial charge is 0.490 e. The Kier molecular flexibility index (Phi) is 5.78. The Bertz CT molecular complexity index is 1190. The number of halogens is 3. The van der Waals surface area contributed by atoms with E-state index in [1.165, 1.54) is 6.07 Å². The lowest BCUT2D eigenvalue weighted by Gasteiger charge is -2.15. The highest BCUT2D eigenvalue weighted by atomic mass is 79.9. The molecule has 4 rings (SSSR count). The third-order valence-electron chi connectivity index (χ3n) is 4.84. The van der Waals surface area contributed by atoms with Crippen LogP contribution in [0.2, 0.25) is 0 Å². The van der Waals surface area contributed by atoms with E-state index in [1.54, 1.807) is 12.4 Å². The van der Waals surface area contributed by atoms with Crippen LogP contribution in [0.25, 0.3) is 22.0 Å². The molecular formula is C22H19BrF2N4O. The molecule has 1 atom stereocenters. The molecule has 0 saturated carbocycles. The number of pyridine rings is 1. The molecule has 0 bridgehead atoms. The van der Waals surface area contributed by atoms with Gasteiger partial charge in [0.1, 0.15) is 24.0 Å². The monoisotopic (exact) mass is 472 g/mol. The summed E-state index contributed by atoms with van der Waals surface area (Å²) < 4.78 is 33.4. The van der Waals surface area contributed by atoms with Crippen molar-refractivity contribution in [2.45, 2.75) is 19.4 Å². The Morgan fingerprint density at radius 2 is 1.97 bits per heavy atom. The summed E-state index contributed by atoms with van der Waals surface area (Å²) in [5.74, 6) is -0.712. The molecular weight excluding hydrogens is 454 g/mol. The van der Waals surface area contributed by atoms with Crippen molar-refractivity contribution in [3.8, 4) is 16.9 Å². The van der Waals surface area contributed by atoms with Gasteiger partial charge in [0.15, 0.2) is 0 Å². The standard InChI is InChI=1S/C22H19BrF2N4O/c1-12-18-5-13(2-3-22(18)29-28-12)14-4-17(10-27-9-14)30-11-16(26)8-19-20(23)6-15(24)7-21(19)25/h2-7,9-10,16H,8,11,26H2,1H3,(H,28,29)/t16-/m0/s1. The van der Waals surface area contributed by atoms with Gasteiger partial charge in [0.25, 0.3) is 0 Å². The molecule has 30 heavy (non-hydrogen) atoms. The first-order valence-corrected chi connectivity index (χ1v) is 10.1. The van der Waals surface area contributed by atoms with Gasteiger partial charge < -0.3 is 10.5 Å². The molecule has 154 valence electrons. The first-order chi connectivity index (χ1) is 14.4. The molecule has 8 heteroatoms. The van der Waals surface area contributed by atoms with Crippen LogP contribution >= 0.6 is 15.9 Å². The molecule has 3 N–H and O–H groups in total. The maximum Gasteiger partial charge on any atom is 0.138 e. The molecule has 0 spiro atoms. The number of benzene rings is 2. The molecule has 0 aliphatic rings. The summed E-state index contributed by atoms with van der Waals surface area (Å²) >= 11 is 3.18. The van der Waals surface area contributed by atoms with Crippen molar-refractivity contribution in [3.05, 3.63) is 76.2 Å². The second-order valence-corrected chi connectivity index (χ2v) is 7.96. The van der Waals surface area contributed by atoms with Crippen molar-refractivity contribution in [3.63, 3.8) is 0 Å². The fraction of sp³-hybridized carbons (Fsp3) is 0.182. The summed E-state index contributed by atoms with van der Waals surface area (Å²) in [5.41, 5.74) is 10.2. The van der Waals surface area contributed by atoms with Crippen molar-refractivity contribution in [1.29, 1.82) is 0 Å². The van der Waals surface area contributed by atoms with E-state index in [4.69, 9.17) is 10.5 Å². The first kappa shape index (κ1) is 20.4. The van der Waals surface area contributed by atoms with E-state index in [1.807, 2.05) is 25.1 Å². The number of ether oxygens (including phenoxy) is 1. The van der Waals surface area contributed by atoms with Crippen LogP contribution in [0.3, 0.4) is 0 Å². The number of hydrogen-bond donors (Lipinski definition) is 2. The quantitative estimate of drug-likeness (QED) is 0.417. The van der Waals surface area contributed by atoms with Crippen molar-refractivity contribution >= 4 is 26.8 Å². The summed E-state index contributed by atoms with van der Waals surface area (Å²) in [4.78, 5) is 4.25. The number of nitrogens with one attached hydrogen (secondary N) is 1. The van der Waals surface area contributed by atoms with Gasteiger partial charge in [-0.15, -0.1) is 0 Å². The molecule has 0 aliphatic heterocycles. The normalized spacial score (nSPS) is 12.3. The number of nitrogens with two attached hydrogens (primary N) is 1. The highest BCUT2D eigenvalue weighted by Gasteiger charge is 2.14. The Morgan fingerprint density at radius 3 is 2.77 bits per heavy atom. The molecule has 0 unspecified atom stereocenters. The third kappa shape index (κ3) is 4.34. The highest BCUT2D eigenvalue weighted by molar-refractivity contribution is 9.10. The molecule has 0 fully saturated rings. The highest BCUT2D eigenvalue weighted by Crippen LogP contribution is 2.27. The molecule has 2 aromatic carbocycles. The summed E-state index contributed by atoms with van der Waals surface area (Å²) in [5, 5.41) is 8.25. The lowest BCUT2D eigenvalue weighted by molar-refractivity contribution is 0.285. The number of hydrogen-bond acceptors (Lipinski definition) is 4. The van der Waals surface area contributed by atoms with Gasteiger partial charge in [-0.2, -0.15) is 5.10 Å². The van der Waals surface area contributed by atoms with E-state index in [0.29, 0.717) is 15.8 Å². The maximum atomic E-state index is 14.0. The fourth-order valence-electron chi connectivity index (χ4n) is 3.27. The van der Waals surface area contributed by atoms with Crippen LogP contribution in [0.4, 0.5) is 8.78 Å². The second-order valence-electron chi connectivity index (χ2n) is 7.10. The Balaban J connectivity index is 1.46. The van der Waals surface area contributed by atoms with Crippen LogP contribution in [-0.2, 0) is 6.42 Å². The number of aromatic amines is 1. The van der Waals surface area contributed by atoms with Crippen molar-refractivity contribution in [2.24, 2.45) is 5.73 Å². The maximum absolute atomic E-state index is 14.0.